The Hall–Kier alpha value is -1.48. The van der Waals surface area contributed by atoms with E-state index in [2.05, 4.69) is 52.8 Å². The molecule has 1 N–H and O–H groups in total. The quantitative estimate of drug-likeness (QED) is 0.398. The second kappa shape index (κ2) is 8.71. The lowest BCUT2D eigenvalue weighted by Crippen LogP contribution is -2.45. The number of hydrogen-bond donors (Lipinski definition) is 1. The van der Waals surface area contributed by atoms with Gasteiger partial charge in [-0.05, 0) is 61.8 Å². The molecule has 162 valence electrons. The fourth-order valence-electron chi connectivity index (χ4n) is 5.24. The van der Waals surface area contributed by atoms with Crippen LogP contribution in [0.25, 0.3) is 0 Å². The minimum Gasteiger partial charge on any atom is -0.496 e. The maximum atomic E-state index is 9.73. The highest BCUT2D eigenvalue weighted by Crippen LogP contribution is 2.54. The molecule has 29 heavy (non-hydrogen) atoms. The van der Waals surface area contributed by atoms with Crippen LogP contribution in [0.5, 0.6) is 11.5 Å². The lowest BCUT2D eigenvalue weighted by Gasteiger charge is -2.47. The molecule has 3 rings (SSSR count). The zero-order valence-electron chi connectivity index (χ0n) is 19.3. The molecule has 1 heterocycles. The number of ether oxygens (including phenoxy) is 2. The first-order valence-electron chi connectivity index (χ1n) is 11.5. The lowest BCUT2D eigenvalue weighted by atomic mass is 9.67. The molecule has 0 spiro atoms. The van der Waals surface area contributed by atoms with E-state index in [0.29, 0.717) is 5.92 Å². The maximum absolute atomic E-state index is 9.73. The van der Waals surface area contributed by atoms with Crippen molar-refractivity contribution in [1.29, 1.82) is 0 Å². The van der Waals surface area contributed by atoms with E-state index in [9.17, 15) is 5.11 Å². The van der Waals surface area contributed by atoms with Crippen LogP contribution in [0.4, 0.5) is 0 Å². The smallest absolute Gasteiger partial charge is 0.127 e. The molecule has 0 saturated carbocycles. The number of fused-ring (bicyclic) bond motifs is 3. The molecule has 1 aliphatic carbocycles. The third-order valence-corrected chi connectivity index (χ3v) is 7.19. The standard InChI is InChI=1S/C26H40O3/c1-7-8-9-10-13-25(2,3)19-15-22(28-6)24-20-14-18(17-27)11-12-21(20)26(4,5)29-23(24)16-19/h14-16,20-21,27H,7-13,17H2,1-6H3/t20-,21-/m1/s1. The van der Waals surface area contributed by atoms with Gasteiger partial charge in [0.25, 0.3) is 0 Å². The molecule has 0 bridgehead atoms. The van der Waals surface area contributed by atoms with Gasteiger partial charge in [0.05, 0.1) is 13.7 Å². The number of unbranched alkanes of at least 4 members (excludes halogenated alkanes) is 3. The molecule has 0 amide bonds. The predicted octanol–water partition coefficient (Wildman–Crippen LogP) is 6.53. The Morgan fingerprint density at radius 2 is 1.97 bits per heavy atom. The molecule has 2 atom stereocenters. The summed E-state index contributed by atoms with van der Waals surface area (Å²) in [7, 11) is 1.77. The van der Waals surface area contributed by atoms with Gasteiger partial charge in [0.15, 0.2) is 0 Å². The summed E-state index contributed by atoms with van der Waals surface area (Å²) in [5.41, 5.74) is 3.44. The number of aliphatic hydroxyl groups is 1. The molecule has 0 fully saturated rings. The van der Waals surface area contributed by atoms with E-state index < -0.39 is 0 Å². The molecule has 0 saturated heterocycles. The first-order valence-corrected chi connectivity index (χ1v) is 11.5. The molecule has 2 aliphatic rings. The Labute approximate surface area is 177 Å². The molecule has 1 aliphatic heterocycles. The van der Waals surface area contributed by atoms with Crippen LogP contribution in [-0.2, 0) is 5.41 Å². The Kier molecular flexibility index (Phi) is 6.67. The van der Waals surface area contributed by atoms with Gasteiger partial charge >= 0.3 is 0 Å². The zero-order valence-corrected chi connectivity index (χ0v) is 19.3. The summed E-state index contributed by atoms with van der Waals surface area (Å²) in [6.45, 7) is 11.5. The van der Waals surface area contributed by atoms with Gasteiger partial charge < -0.3 is 14.6 Å². The van der Waals surface area contributed by atoms with E-state index in [0.717, 1.165) is 35.5 Å². The van der Waals surface area contributed by atoms with Crippen molar-refractivity contribution < 1.29 is 14.6 Å². The second-order valence-electron chi connectivity index (χ2n) is 10.1. The normalized spacial score (nSPS) is 22.9. The van der Waals surface area contributed by atoms with Crippen LogP contribution >= 0.6 is 0 Å². The zero-order chi connectivity index (χ0) is 21.2. The largest absolute Gasteiger partial charge is 0.496 e. The summed E-state index contributed by atoms with van der Waals surface area (Å²) in [5, 5.41) is 9.73. The van der Waals surface area contributed by atoms with Gasteiger partial charge in [-0.3, -0.25) is 0 Å². The average molecular weight is 401 g/mol. The molecule has 3 heteroatoms. The molecule has 1 aromatic carbocycles. The summed E-state index contributed by atoms with van der Waals surface area (Å²) in [5.74, 6) is 2.52. The number of methoxy groups -OCH3 is 1. The van der Waals surface area contributed by atoms with Crippen molar-refractivity contribution in [3.63, 3.8) is 0 Å². The lowest BCUT2D eigenvalue weighted by molar-refractivity contribution is 0.00988. The molecule has 3 nitrogen and oxygen atoms in total. The third kappa shape index (κ3) is 4.50. The van der Waals surface area contributed by atoms with Gasteiger partial charge in [-0.2, -0.15) is 0 Å². The summed E-state index contributed by atoms with van der Waals surface area (Å²) in [6.07, 6.45) is 10.5. The third-order valence-electron chi connectivity index (χ3n) is 7.19. The molecular weight excluding hydrogens is 360 g/mol. The van der Waals surface area contributed by atoms with E-state index >= 15 is 0 Å². The van der Waals surface area contributed by atoms with Crippen molar-refractivity contribution in [3.8, 4) is 11.5 Å². The Balaban J connectivity index is 2.01. The molecule has 1 aromatic rings. The second-order valence-corrected chi connectivity index (χ2v) is 10.1. The van der Waals surface area contributed by atoms with Gasteiger partial charge in [0.1, 0.15) is 17.1 Å². The minimum atomic E-state index is -0.232. The Morgan fingerprint density at radius 3 is 2.62 bits per heavy atom. The number of benzene rings is 1. The fraction of sp³-hybridized carbons (Fsp3) is 0.692. The van der Waals surface area contributed by atoms with Crippen LogP contribution in [0.2, 0.25) is 0 Å². The van der Waals surface area contributed by atoms with Crippen molar-refractivity contribution in [2.75, 3.05) is 13.7 Å². The van der Waals surface area contributed by atoms with Gasteiger partial charge in [0.2, 0.25) is 0 Å². The van der Waals surface area contributed by atoms with E-state index in [1.165, 1.54) is 37.7 Å². The van der Waals surface area contributed by atoms with E-state index in [1.54, 1.807) is 7.11 Å². The number of aliphatic hydroxyl groups excluding tert-OH is 1. The summed E-state index contributed by atoms with van der Waals surface area (Å²) < 4.78 is 12.5. The van der Waals surface area contributed by atoms with Crippen molar-refractivity contribution in [1.82, 2.24) is 0 Å². The Bertz CT molecular complexity index is 745. The van der Waals surface area contributed by atoms with Crippen molar-refractivity contribution in [2.24, 2.45) is 5.92 Å². The molecule has 0 unspecified atom stereocenters. The first-order chi connectivity index (χ1) is 13.7. The van der Waals surface area contributed by atoms with Crippen LogP contribution in [0.1, 0.15) is 96.6 Å². The van der Waals surface area contributed by atoms with Gasteiger partial charge in [-0.25, -0.2) is 0 Å². The number of hydrogen-bond acceptors (Lipinski definition) is 3. The van der Waals surface area contributed by atoms with E-state index in [-0.39, 0.29) is 23.5 Å². The number of allylic oxidation sites excluding steroid dienone is 1. The monoisotopic (exact) mass is 400 g/mol. The van der Waals surface area contributed by atoms with Crippen LogP contribution in [0, 0.1) is 5.92 Å². The number of rotatable bonds is 8. The first kappa shape index (κ1) is 22.2. The van der Waals surface area contributed by atoms with Gasteiger partial charge in [-0.15, -0.1) is 0 Å². The van der Waals surface area contributed by atoms with Crippen molar-refractivity contribution in [3.05, 3.63) is 34.9 Å². The topological polar surface area (TPSA) is 38.7 Å². The molecular formula is C26H40O3. The van der Waals surface area contributed by atoms with Crippen molar-refractivity contribution >= 4 is 0 Å². The predicted molar refractivity (Wildman–Crippen MR) is 120 cm³/mol. The van der Waals surface area contributed by atoms with E-state index in [1.807, 2.05) is 0 Å². The SMILES string of the molecule is CCCCCCC(C)(C)c1cc(OC)c2c(c1)OC(C)(C)[C@@H]1CCC(CO)=C[C@@H]21. The summed E-state index contributed by atoms with van der Waals surface area (Å²) in [6, 6.07) is 4.50. The minimum absolute atomic E-state index is 0.0824. The highest BCUT2D eigenvalue weighted by atomic mass is 16.5. The van der Waals surface area contributed by atoms with Crippen LogP contribution in [-0.4, -0.2) is 24.4 Å². The van der Waals surface area contributed by atoms with Crippen LogP contribution in [0.15, 0.2) is 23.8 Å². The van der Waals surface area contributed by atoms with Gasteiger partial charge in [-0.1, -0.05) is 52.5 Å². The summed E-state index contributed by atoms with van der Waals surface area (Å²) >= 11 is 0. The Morgan fingerprint density at radius 1 is 1.21 bits per heavy atom. The van der Waals surface area contributed by atoms with Crippen molar-refractivity contribution in [2.45, 2.75) is 96.5 Å². The molecule has 0 aromatic heterocycles. The summed E-state index contributed by atoms with van der Waals surface area (Å²) in [4.78, 5) is 0. The van der Waals surface area contributed by atoms with Gasteiger partial charge in [0, 0.05) is 17.4 Å². The van der Waals surface area contributed by atoms with E-state index in [4.69, 9.17) is 9.47 Å². The van der Waals surface area contributed by atoms with Crippen LogP contribution in [0.3, 0.4) is 0 Å². The van der Waals surface area contributed by atoms with Crippen LogP contribution < -0.4 is 9.47 Å². The average Bonchev–Trinajstić information content (AvgIpc) is 2.69. The highest BCUT2D eigenvalue weighted by Gasteiger charge is 2.46. The molecule has 0 radical (unpaired) electrons. The maximum Gasteiger partial charge on any atom is 0.127 e. The fourth-order valence-corrected chi connectivity index (χ4v) is 5.24. The highest BCUT2D eigenvalue weighted by molar-refractivity contribution is 5.55.